The predicted molar refractivity (Wildman–Crippen MR) is 101 cm³/mol. The molecule has 0 bridgehead atoms. The molecule has 1 aliphatic heterocycles. The molecular formula is C19H26N4O3. The van der Waals surface area contributed by atoms with Crippen molar-refractivity contribution >= 4 is 17.5 Å². The van der Waals surface area contributed by atoms with E-state index in [0.717, 1.165) is 43.3 Å². The Morgan fingerprint density at radius 2 is 2.04 bits per heavy atom. The van der Waals surface area contributed by atoms with Crippen molar-refractivity contribution in [2.75, 3.05) is 43.0 Å². The first-order valence-corrected chi connectivity index (χ1v) is 9.03. The number of para-hydroxylation sites is 2. The number of hydrogen-bond donors (Lipinski definition) is 1. The highest BCUT2D eigenvalue weighted by Gasteiger charge is 2.27. The molecule has 3 rings (SSSR count). The van der Waals surface area contributed by atoms with E-state index < -0.39 is 0 Å². The first kappa shape index (κ1) is 18.3. The minimum atomic E-state index is -0.232. The topological polar surface area (TPSA) is 70.8 Å². The Morgan fingerprint density at radius 3 is 2.69 bits per heavy atom. The first-order valence-electron chi connectivity index (χ1n) is 9.03. The van der Waals surface area contributed by atoms with Crippen LogP contribution in [0.3, 0.4) is 0 Å². The lowest BCUT2D eigenvalue weighted by Crippen LogP contribution is -2.52. The van der Waals surface area contributed by atoms with Crippen molar-refractivity contribution in [2.24, 2.45) is 0 Å². The van der Waals surface area contributed by atoms with E-state index in [2.05, 4.69) is 26.3 Å². The SMILES string of the molecule is CCOc1ccccc1N1CCN(C(C)C(=O)Nc2cc(C)no2)CC1. The van der Waals surface area contributed by atoms with Crippen LogP contribution in [-0.4, -0.2) is 54.8 Å². The van der Waals surface area contributed by atoms with E-state index in [-0.39, 0.29) is 11.9 Å². The number of nitrogens with one attached hydrogen (secondary N) is 1. The molecule has 1 aromatic heterocycles. The summed E-state index contributed by atoms with van der Waals surface area (Å²) < 4.78 is 10.8. The summed E-state index contributed by atoms with van der Waals surface area (Å²) >= 11 is 0. The highest BCUT2D eigenvalue weighted by molar-refractivity contribution is 5.93. The van der Waals surface area contributed by atoms with Gasteiger partial charge in [0.1, 0.15) is 5.75 Å². The number of ether oxygens (including phenoxy) is 1. The Morgan fingerprint density at radius 1 is 1.31 bits per heavy atom. The summed E-state index contributed by atoms with van der Waals surface area (Å²) in [4.78, 5) is 16.9. The van der Waals surface area contributed by atoms with Gasteiger partial charge in [-0.05, 0) is 32.9 Å². The summed E-state index contributed by atoms with van der Waals surface area (Å²) in [6, 6.07) is 9.59. The summed E-state index contributed by atoms with van der Waals surface area (Å²) in [6.07, 6.45) is 0. The van der Waals surface area contributed by atoms with Gasteiger partial charge in [-0.2, -0.15) is 0 Å². The first-order chi connectivity index (χ1) is 12.6. The number of hydrogen-bond acceptors (Lipinski definition) is 6. The van der Waals surface area contributed by atoms with Crippen molar-refractivity contribution in [2.45, 2.75) is 26.8 Å². The van der Waals surface area contributed by atoms with Gasteiger partial charge in [-0.1, -0.05) is 17.3 Å². The molecule has 1 aromatic carbocycles. The van der Waals surface area contributed by atoms with Crippen molar-refractivity contribution in [3.8, 4) is 5.75 Å². The largest absolute Gasteiger partial charge is 0.492 e. The predicted octanol–water partition coefficient (Wildman–Crippen LogP) is 2.53. The van der Waals surface area contributed by atoms with E-state index in [4.69, 9.17) is 9.26 Å². The van der Waals surface area contributed by atoms with Gasteiger partial charge in [-0.15, -0.1) is 0 Å². The molecule has 26 heavy (non-hydrogen) atoms. The Kier molecular flexibility index (Phi) is 5.78. The number of benzene rings is 1. The molecule has 0 radical (unpaired) electrons. The third kappa shape index (κ3) is 4.16. The number of anilines is 2. The van der Waals surface area contributed by atoms with Crippen LogP contribution in [0.15, 0.2) is 34.9 Å². The zero-order valence-electron chi connectivity index (χ0n) is 15.6. The van der Waals surface area contributed by atoms with Gasteiger partial charge in [0.15, 0.2) is 0 Å². The number of amides is 1. The average Bonchev–Trinajstić information content (AvgIpc) is 3.07. The van der Waals surface area contributed by atoms with E-state index in [1.54, 1.807) is 6.07 Å². The van der Waals surface area contributed by atoms with Crippen LogP contribution < -0.4 is 15.0 Å². The highest BCUT2D eigenvalue weighted by atomic mass is 16.5. The molecule has 140 valence electrons. The molecule has 1 fully saturated rings. The normalized spacial score (nSPS) is 16.3. The van der Waals surface area contributed by atoms with Crippen LogP contribution in [0, 0.1) is 6.92 Å². The van der Waals surface area contributed by atoms with Gasteiger partial charge in [-0.25, -0.2) is 0 Å². The summed E-state index contributed by atoms with van der Waals surface area (Å²) in [5.41, 5.74) is 1.86. The second-order valence-electron chi connectivity index (χ2n) is 6.42. The number of piperazine rings is 1. The molecule has 0 spiro atoms. The molecule has 1 unspecified atom stereocenters. The van der Waals surface area contributed by atoms with Crippen LogP contribution in [0.25, 0.3) is 0 Å². The van der Waals surface area contributed by atoms with Gasteiger partial charge < -0.3 is 14.2 Å². The van der Waals surface area contributed by atoms with E-state index in [1.165, 1.54) is 0 Å². The molecule has 1 aliphatic rings. The molecule has 0 saturated carbocycles. The van der Waals surface area contributed by atoms with Gasteiger partial charge in [0.25, 0.3) is 0 Å². The lowest BCUT2D eigenvalue weighted by Gasteiger charge is -2.38. The second-order valence-corrected chi connectivity index (χ2v) is 6.42. The van der Waals surface area contributed by atoms with Crippen molar-refractivity contribution in [1.82, 2.24) is 10.1 Å². The third-order valence-corrected chi connectivity index (χ3v) is 4.62. The van der Waals surface area contributed by atoms with E-state index in [9.17, 15) is 4.79 Å². The maximum absolute atomic E-state index is 12.4. The maximum Gasteiger partial charge on any atom is 0.243 e. The summed E-state index contributed by atoms with van der Waals surface area (Å²) in [6.45, 7) is 9.70. The van der Waals surface area contributed by atoms with Crippen LogP contribution in [-0.2, 0) is 4.79 Å². The molecule has 1 N–H and O–H groups in total. The Bertz CT molecular complexity index is 738. The van der Waals surface area contributed by atoms with Crippen LogP contribution in [0.5, 0.6) is 5.75 Å². The molecule has 2 aromatic rings. The highest BCUT2D eigenvalue weighted by Crippen LogP contribution is 2.29. The second kappa shape index (κ2) is 8.23. The van der Waals surface area contributed by atoms with Crippen LogP contribution in [0.4, 0.5) is 11.6 Å². The smallest absolute Gasteiger partial charge is 0.243 e. The molecule has 1 saturated heterocycles. The Labute approximate surface area is 153 Å². The number of aryl methyl sites for hydroxylation is 1. The molecule has 7 nitrogen and oxygen atoms in total. The fourth-order valence-corrected chi connectivity index (χ4v) is 3.16. The van der Waals surface area contributed by atoms with Crippen LogP contribution in [0.1, 0.15) is 19.5 Å². The summed E-state index contributed by atoms with van der Waals surface area (Å²) in [5, 5.41) is 6.57. The van der Waals surface area contributed by atoms with E-state index in [1.807, 2.05) is 39.0 Å². The summed E-state index contributed by atoms with van der Waals surface area (Å²) in [7, 11) is 0. The Balaban J connectivity index is 1.57. The molecular weight excluding hydrogens is 332 g/mol. The zero-order valence-corrected chi connectivity index (χ0v) is 15.6. The van der Waals surface area contributed by atoms with E-state index >= 15 is 0 Å². The minimum Gasteiger partial charge on any atom is -0.492 e. The number of nitrogens with zero attached hydrogens (tertiary/aromatic N) is 3. The van der Waals surface area contributed by atoms with Crippen molar-refractivity contribution < 1.29 is 14.1 Å². The van der Waals surface area contributed by atoms with Gasteiger partial charge in [0.05, 0.1) is 24.0 Å². The maximum atomic E-state index is 12.4. The number of aromatic nitrogens is 1. The average molecular weight is 358 g/mol. The van der Waals surface area contributed by atoms with Gasteiger partial charge in [0, 0.05) is 32.2 Å². The quantitative estimate of drug-likeness (QED) is 0.856. The van der Waals surface area contributed by atoms with Crippen LogP contribution in [0.2, 0.25) is 0 Å². The van der Waals surface area contributed by atoms with Gasteiger partial charge >= 0.3 is 0 Å². The van der Waals surface area contributed by atoms with Crippen molar-refractivity contribution in [3.63, 3.8) is 0 Å². The lowest BCUT2D eigenvalue weighted by molar-refractivity contribution is -0.121. The zero-order chi connectivity index (χ0) is 18.5. The molecule has 1 atom stereocenters. The molecule has 7 heteroatoms. The Hall–Kier alpha value is -2.54. The van der Waals surface area contributed by atoms with Gasteiger partial charge in [0.2, 0.25) is 11.8 Å². The third-order valence-electron chi connectivity index (χ3n) is 4.62. The molecule has 1 amide bonds. The van der Waals surface area contributed by atoms with Gasteiger partial charge in [-0.3, -0.25) is 15.0 Å². The fourth-order valence-electron chi connectivity index (χ4n) is 3.16. The van der Waals surface area contributed by atoms with Crippen molar-refractivity contribution in [1.29, 1.82) is 0 Å². The lowest BCUT2D eigenvalue weighted by atomic mass is 10.2. The fraction of sp³-hybridized carbons (Fsp3) is 0.474. The number of carbonyl (C=O) groups is 1. The monoisotopic (exact) mass is 358 g/mol. The summed E-state index contributed by atoms with van der Waals surface area (Å²) in [5.74, 6) is 1.22. The molecule has 0 aliphatic carbocycles. The minimum absolute atomic E-state index is 0.0793. The van der Waals surface area contributed by atoms with Crippen LogP contribution >= 0.6 is 0 Å². The standard InChI is InChI=1S/C19H26N4O3/c1-4-25-17-8-6-5-7-16(17)23-11-9-22(10-12-23)15(3)19(24)20-18-13-14(2)21-26-18/h5-8,13,15H,4,9-12H2,1-3H3,(H,20,24). The molecule has 2 heterocycles. The van der Waals surface area contributed by atoms with Crippen molar-refractivity contribution in [3.05, 3.63) is 36.0 Å². The number of rotatable bonds is 6. The number of carbonyl (C=O) groups excluding carboxylic acids is 1. The van der Waals surface area contributed by atoms with E-state index in [0.29, 0.717) is 12.5 Å².